The Balaban J connectivity index is 1.49. The van der Waals surface area contributed by atoms with Gasteiger partial charge in [-0.25, -0.2) is 8.78 Å². The second-order valence-corrected chi connectivity index (χ2v) is 7.16. The molecule has 1 spiro atoms. The van der Waals surface area contributed by atoms with Crippen molar-refractivity contribution in [2.24, 2.45) is 5.16 Å². The second-order valence-electron chi connectivity index (χ2n) is 7.16. The van der Waals surface area contributed by atoms with E-state index >= 15 is 0 Å². The van der Waals surface area contributed by atoms with Crippen LogP contribution < -0.4 is 5.32 Å². The Hall–Kier alpha value is -1.24. The highest BCUT2D eigenvalue weighted by Gasteiger charge is 2.48. The molecule has 1 amide bonds. The van der Waals surface area contributed by atoms with Crippen LogP contribution in [-0.4, -0.2) is 53.7 Å². The van der Waals surface area contributed by atoms with Crippen molar-refractivity contribution in [2.75, 3.05) is 19.6 Å². The van der Waals surface area contributed by atoms with Crippen LogP contribution in [0.4, 0.5) is 8.78 Å². The van der Waals surface area contributed by atoms with E-state index in [1.165, 1.54) is 0 Å². The summed E-state index contributed by atoms with van der Waals surface area (Å²) in [4.78, 5) is 20.2. The van der Waals surface area contributed by atoms with E-state index in [4.69, 9.17) is 4.84 Å². The van der Waals surface area contributed by atoms with E-state index in [2.05, 4.69) is 22.3 Å². The lowest BCUT2D eigenvalue weighted by atomic mass is 9.86. The molecule has 2 heterocycles. The quantitative estimate of drug-likeness (QED) is 0.842. The highest BCUT2D eigenvalue weighted by molar-refractivity contribution is 6.39. The standard InChI is InChI=1S/C16H25F2N3O2/c1-2-3-6-21-7-4-5-15(11-21)10-13(20-23-15)14(22)19-12-8-16(17,18)9-12/h12H,2-11H2,1H3,(H,19,22)/t15-/m1/s1. The summed E-state index contributed by atoms with van der Waals surface area (Å²) in [5.41, 5.74) is -0.0556. The van der Waals surface area contributed by atoms with Gasteiger partial charge in [-0.15, -0.1) is 0 Å². The number of hydrogen-bond acceptors (Lipinski definition) is 4. The highest BCUT2D eigenvalue weighted by atomic mass is 19.3. The summed E-state index contributed by atoms with van der Waals surface area (Å²) in [6, 6.07) is -0.441. The van der Waals surface area contributed by atoms with Crippen LogP contribution in [0, 0.1) is 0 Å². The monoisotopic (exact) mass is 329 g/mol. The van der Waals surface area contributed by atoms with Gasteiger partial charge in [-0.3, -0.25) is 9.69 Å². The van der Waals surface area contributed by atoms with E-state index < -0.39 is 17.6 Å². The summed E-state index contributed by atoms with van der Waals surface area (Å²) in [5.74, 6) is -2.98. The maximum absolute atomic E-state index is 12.8. The minimum atomic E-state index is -2.63. The molecule has 2 fully saturated rings. The number of piperidine rings is 1. The fourth-order valence-electron chi connectivity index (χ4n) is 3.66. The summed E-state index contributed by atoms with van der Waals surface area (Å²) in [6.45, 7) is 5.06. The zero-order valence-electron chi connectivity index (χ0n) is 13.6. The summed E-state index contributed by atoms with van der Waals surface area (Å²) >= 11 is 0. The van der Waals surface area contributed by atoms with Gasteiger partial charge in [0.05, 0.1) is 0 Å². The van der Waals surface area contributed by atoms with Crippen molar-refractivity contribution in [3.8, 4) is 0 Å². The van der Waals surface area contributed by atoms with Gasteiger partial charge < -0.3 is 10.2 Å². The number of nitrogens with one attached hydrogen (secondary N) is 1. The predicted octanol–water partition coefficient (Wildman–Crippen LogP) is 2.31. The predicted molar refractivity (Wildman–Crippen MR) is 82.6 cm³/mol. The van der Waals surface area contributed by atoms with Crippen molar-refractivity contribution in [1.29, 1.82) is 0 Å². The average Bonchev–Trinajstić information content (AvgIpc) is 2.87. The molecule has 0 unspecified atom stereocenters. The molecule has 1 saturated heterocycles. The normalized spacial score (nSPS) is 30.7. The minimum absolute atomic E-state index is 0.275. The molecule has 1 aliphatic carbocycles. The van der Waals surface area contributed by atoms with E-state index in [-0.39, 0.29) is 18.7 Å². The highest BCUT2D eigenvalue weighted by Crippen LogP contribution is 2.38. The molecule has 130 valence electrons. The zero-order chi connectivity index (χ0) is 16.5. The van der Waals surface area contributed by atoms with Crippen LogP contribution in [0.25, 0.3) is 0 Å². The van der Waals surface area contributed by atoms with Gasteiger partial charge in [0.1, 0.15) is 5.71 Å². The van der Waals surface area contributed by atoms with Gasteiger partial charge in [0.15, 0.2) is 5.60 Å². The second kappa shape index (κ2) is 6.34. The topological polar surface area (TPSA) is 53.9 Å². The van der Waals surface area contributed by atoms with Crippen molar-refractivity contribution in [3.05, 3.63) is 0 Å². The molecule has 1 atom stereocenters. The molecule has 7 heteroatoms. The molecule has 5 nitrogen and oxygen atoms in total. The summed E-state index contributed by atoms with van der Waals surface area (Å²) in [6.07, 6.45) is 4.15. The van der Waals surface area contributed by atoms with E-state index in [9.17, 15) is 13.6 Å². The lowest BCUT2D eigenvalue weighted by Crippen LogP contribution is -2.53. The number of oxime groups is 1. The van der Waals surface area contributed by atoms with Crippen molar-refractivity contribution in [3.63, 3.8) is 0 Å². The number of unbranched alkanes of at least 4 members (excludes halogenated alkanes) is 1. The van der Waals surface area contributed by atoms with Gasteiger partial charge in [0.2, 0.25) is 0 Å². The van der Waals surface area contributed by atoms with Crippen LogP contribution in [0.5, 0.6) is 0 Å². The first-order valence-corrected chi connectivity index (χ1v) is 8.57. The van der Waals surface area contributed by atoms with Gasteiger partial charge in [0.25, 0.3) is 11.8 Å². The Morgan fingerprint density at radius 1 is 1.48 bits per heavy atom. The van der Waals surface area contributed by atoms with Crippen LogP contribution in [0.2, 0.25) is 0 Å². The Labute approximate surface area is 135 Å². The Kier molecular flexibility index (Phi) is 4.58. The number of likely N-dealkylation sites (tertiary alicyclic amines) is 1. The number of amides is 1. The molecule has 3 aliphatic rings. The van der Waals surface area contributed by atoms with Crippen LogP contribution in [-0.2, 0) is 9.63 Å². The van der Waals surface area contributed by atoms with E-state index in [1.807, 2.05) is 0 Å². The average molecular weight is 329 g/mol. The third-order valence-corrected chi connectivity index (χ3v) is 4.97. The van der Waals surface area contributed by atoms with Gasteiger partial charge in [0, 0.05) is 31.8 Å². The fraction of sp³-hybridized carbons (Fsp3) is 0.875. The molecule has 0 bridgehead atoms. The third-order valence-electron chi connectivity index (χ3n) is 4.97. The zero-order valence-corrected chi connectivity index (χ0v) is 13.6. The molecule has 0 aromatic rings. The molecule has 0 aromatic carbocycles. The maximum Gasteiger partial charge on any atom is 0.269 e. The molecular formula is C16H25F2N3O2. The van der Waals surface area contributed by atoms with Crippen molar-refractivity contribution < 1.29 is 18.4 Å². The van der Waals surface area contributed by atoms with Crippen molar-refractivity contribution in [2.45, 2.75) is 69.4 Å². The van der Waals surface area contributed by atoms with Gasteiger partial charge in [-0.05, 0) is 32.4 Å². The smallest absolute Gasteiger partial charge is 0.269 e. The van der Waals surface area contributed by atoms with Crippen LogP contribution in [0.1, 0.15) is 51.9 Å². The number of nitrogens with zero attached hydrogens (tertiary/aromatic N) is 2. The lowest BCUT2D eigenvalue weighted by molar-refractivity contribution is -0.123. The van der Waals surface area contributed by atoms with Gasteiger partial charge in [-0.1, -0.05) is 18.5 Å². The third kappa shape index (κ3) is 3.82. The van der Waals surface area contributed by atoms with Crippen LogP contribution in [0.3, 0.4) is 0 Å². The molecule has 1 saturated carbocycles. The molecule has 0 aromatic heterocycles. The van der Waals surface area contributed by atoms with Gasteiger partial charge >= 0.3 is 0 Å². The van der Waals surface area contributed by atoms with Crippen LogP contribution in [0.15, 0.2) is 5.16 Å². The van der Waals surface area contributed by atoms with Crippen molar-refractivity contribution >= 4 is 11.6 Å². The largest absolute Gasteiger partial charge is 0.387 e. The van der Waals surface area contributed by atoms with E-state index in [0.29, 0.717) is 12.1 Å². The SMILES string of the molecule is CCCCN1CCC[C@@]2(CC(C(=O)NC3CC(F)(F)C3)=NO2)C1. The number of carbonyl (C=O) groups excluding carboxylic acids is 1. The van der Waals surface area contributed by atoms with E-state index in [1.54, 1.807) is 0 Å². The number of hydrogen-bond donors (Lipinski definition) is 1. The summed E-state index contributed by atoms with van der Waals surface area (Å²) in [5, 5.41) is 6.60. The lowest BCUT2D eigenvalue weighted by Gasteiger charge is -2.38. The Bertz CT molecular complexity index is 490. The fourth-order valence-corrected chi connectivity index (χ4v) is 3.66. The van der Waals surface area contributed by atoms with Gasteiger partial charge in [-0.2, -0.15) is 0 Å². The summed E-state index contributed by atoms with van der Waals surface area (Å²) < 4.78 is 25.7. The molecular weight excluding hydrogens is 304 g/mol. The summed E-state index contributed by atoms with van der Waals surface area (Å²) in [7, 11) is 0. The first-order chi connectivity index (χ1) is 10.9. The Morgan fingerprint density at radius 3 is 2.96 bits per heavy atom. The number of carbonyl (C=O) groups is 1. The number of alkyl halides is 2. The minimum Gasteiger partial charge on any atom is -0.387 e. The number of halogens is 2. The first-order valence-electron chi connectivity index (χ1n) is 8.57. The maximum atomic E-state index is 12.8. The molecule has 3 rings (SSSR count). The van der Waals surface area contributed by atoms with Crippen LogP contribution >= 0.6 is 0 Å². The molecule has 23 heavy (non-hydrogen) atoms. The first kappa shape index (κ1) is 16.6. The van der Waals surface area contributed by atoms with E-state index in [0.717, 1.165) is 45.3 Å². The number of rotatable bonds is 5. The molecule has 2 aliphatic heterocycles. The molecule has 1 N–H and O–H groups in total. The van der Waals surface area contributed by atoms with Crippen molar-refractivity contribution in [1.82, 2.24) is 10.2 Å². The molecule has 0 radical (unpaired) electrons. The Morgan fingerprint density at radius 2 is 2.26 bits per heavy atom.